The van der Waals surface area contributed by atoms with E-state index < -0.39 is 17.6 Å². The minimum absolute atomic E-state index is 0. The van der Waals surface area contributed by atoms with E-state index in [1.54, 1.807) is 18.4 Å². The molecule has 12 nitrogen and oxygen atoms in total. The Morgan fingerprint density at radius 2 is 1.95 bits per heavy atom. The molecule has 1 fully saturated rings. The normalized spacial score (nSPS) is 13.6. The Hall–Kier alpha value is -3.46. The first-order chi connectivity index (χ1) is 19.0. The van der Waals surface area contributed by atoms with Crippen molar-refractivity contribution in [2.45, 2.75) is 45.3 Å². The van der Waals surface area contributed by atoms with Crippen LogP contribution in [0.2, 0.25) is 5.02 Å². The van der Waals surface area contributed by atoms with Gasteiger partial charge in [0.1, 0.15) is 10.6 Å². The zero-order valence-electron chi connectivity index (χ0n) is 25.1. The van der Waals surface area contributed by atoms with Gasteiger partial charge in [0.25, 0.3) is 5.91 Å². The summed E-state index contributed by atoms with van der Waals surface area (Å²) in [6.07, 6.45) is 5.53. The number of halogens is 1. The average Bonchev–Trinajstić information content (AvgIpc) is 2.91. The van der Waals surface area contributed by atoms with Gasteiger partial charge in [-0.25, -0.2) is 9.78 Å². The minimum atomic E-state index is -0.557. The van der Waals surface area contributed by atoms with Crippen molar-refractivity contribution < 1.29 is 47.5 Å². The van der Waals surface area contributed by atoms with Crippen molar-refractivity contribution in [1.82, 2.24) is 20.6 Å². The van der Waals surface area contributed by atoms with Crippen LogP contribution in [0.3, 0.4) is 0 Å². The van der Waals surface area contributed by atoms with E-state index in [0.29, 0.717) is 59.7 Å². The van der Waals surface area contributed by atoms with Gasteiger partial charge in [-0.1, -0.05) is 23.7 Å². The molecule has 1 aliphatic heterocycles. The molecule has 224 valence electrons. The number of likely N-dealkylation sites (N-methyl/N-ethyl adjacent to an activating group) is 1. The monoisotopic (exact) mass is 594 g/mol. The molecule has 14 heteroatoms. The number of alkyl carbamates (subject to hydrolysis) is 1. The fourth-order valence-corrected chi connectivity index (χ4v) is 3.85. The van der Waals surface area contributed by atoms with E-state index in [1.165, 1.54) is 26.4 Å². The van der Waals surface area contributed by atoms with Gasteiger partial charge >= 0.3 is 25.0 Å². The van der Waals surface area contributed by atoms with Crippen LogP contribution in [0.4, 0.5) is 22.2 Å². The fraction of sp³-hybridized carbons (Fsp3) is 0.429. The number of nitrogens with one attached hydrogen (secondary N) is 3. The van der Waals surface area contributed by atoms with E-state index >= 15 is 0 Å². The van der Waals surface area contributed by atoms with Crippen molar-refractivity contribution in [3.05, 3.63) is 48.2 Å². The molecule has 0 radical (unpaired) electrons. The number of carbonyl (C=O) groups is 2. The second kappa shape index (κ2) is 16.8. The number of benzene rings is 1. The third kappa shape index (κ3) is 11.4. The van der Waals surface area contributed by atoms with Gasteiger partial charge in [-0.2, -0.15) is 4.98 Å². The molecule has 0 spiro atoms. The second-order valence-electron chi connectivity index (χ2n) is 9.86. The zero-order chi connectivity index (χ0) is 29.3. The molecule has 0 saturated carbocycles. The Bertz CT molecular complexity index is 1250. The van der Waals surface area contributed by atoms with E-state index in [4.69, 9.17) is 25.8 Å². The van der Waals surface area contributed by atoms with Crippen LogP contribution in [0.25, 0.3) is 6.08 Å². The van der Waals surface area contributed by atoms with Crippen molar-refractivity contribution in [2.24, 2.45) is 0 Å². The number of piperidine rings is 1. The van der Waals surface area contributed by atoms with Gasteiger partial charge < -0.3 is 47.3 Å². The number of anilines is 3. The summed E-state index contributed by atoms with van der Waals surface area (Å²) in [5.74, 6) is 0.652. The third-order valence-electron chi connectivity index (χ3n) is 5.60. The number of hydrogen-bond donors (Lipinski definition) is 3. The predicted octanol–water partition coefficient (Wildman–Crippen LogP) is 0.843. The van der Waals surface area contributed by atoms with Crippen LogP contribution in [0.1, 0.15) is 39.2 Å². The number of rotatable bonds is 10. The van der Waals surface area contributed by atoms with Crippen LogP contribution in [-0.2, 0) is 19.1 Å². The number of ether oxygens (including phenoxy) is 3. The second-order valence-corrected chi connectivity index (χ2v) is 10.3. The maximum atomic E-state index is 12.1. The molecule has 42 heavy (non-hydrogen) atoms. The standard InChI is InChI=1S/C27H33ClN6O6.CH3.Li/c1-27(2,3)40-26(37)32-18-6-8-34(9-7-18)25-30-14-22(28)24(33-25)31-19-10-17(11-20(13-19)38-5)12-21(15-35)39-16-23(36)29-4;;/h10,12-14,18H,6-9,16H2,1-5H3,(H,29,36)(H,32,37)(H,30,31,33);1H3;/q-2;-1;+1/b21-12+;;. The molecule has 1 aromatic carbocycles. The van der Waals surface area contributed by atoms with E-state index in [-0.39, 0.29) is 44.7 Å². The topological polar surface area (TPSA) is 144 Å². The summed E-state index contributed by atoms with van der Waals surface area (Å²) in [6.45, 7) is 6.40. The van der Waals surface area contributed by atoms with Crippen molar-refractivity contribution in [2.75, 3.05) is 44.1 Å². The Balaban J connectivity index is 0.00000441. The Morgan fingerprint density at radius 1 is 1.26 bits per heavy atom. The van der Waals surface area contributed by atoms with Crippen molar-refractivity contribution in [3.8, 4) is 5.75 Å². The number of nitrogens with zero attached hydrogens (tertiary/aromatic N) is 3. The smallest absolute Gasteiger partial charge is 0.516 e. The van der Waals surface area contributed by atoms with Gasteiger partial charge in [0.15, 0.2) is 12.4 Å². The Labute approximate surface area is 264 Å². The maximum Gasteiger partial charge on any atom is 1.00 e. The van der Waals surface area contributed by atoms with Crippen molar-refractivity contribution in [1.29, 1.82) is 0 Å². The quantitative estimate of drug-likeness (QED) is 0.157. The Morgan fingerprint density at radius 3 is 2.55 bits per heavy atom. The molecule has 3 rings (SSSR count). The van der Waals surface area contributed by atoms with E-state index in [2.05, 4.69) is 32.0 Å². The van der Waals surface area contributed by atoms with Gasteiger partial charge in [0.05, 0.1) is 13.3 Å². The molecular weight excluding hydrogens is 559 g/mol. The molecule has 1 saturated heterocycles. The molecule has 3 N–H and O–H groups in total. The summed E-state index contributed by atoms with van der Waals surface area (Å²) >= 11 is 6.40. The number of allylic oxidation sites excluding steroid dienone is 1. The number of amides is 2. The van der Waals surface area contributed by atoms with Gasteiger partial charge in [0, 0.05) is 44.0 Å². The number of methoxy groups -OCH3 is 1. The molecule has 0 atom stereocenters. The molecule has 1 aliphatic rings. The third-order valence-corrected chi connectivity index (χ3v) is 5.88. The van der Waals surface area contributed by atoms with Gasteiger partial charge in [0.2, 0.25) is 5.95 Å². The molecule has 1 aromatic heterocycles. The summed E-state index contributed by atoms with van der Waals surface area (Å²) in [6, 6.07) is 6.33. The molecule has 0 unspecified atom stereocenters. The van der Waals surface area contributed by atoms with Gasteiger partial charge in [-0.3, -0.25) is 4.79 Å². The zero-order valence-corrected chi connectivity index (χ0v) is 25.8. The predicted molar refractivity (Wildman–Crippen MR) is 157 cm³/mol. The largest absolute Gasteiger partial charge is 1.00 e. The van der Waals surface area contributed by atoms with Gasteiger partial charge in [-0.05, 0) is 39.3 Å². The van der Waals surface area contributed by atoms with Crippen molar-refractivity contribution >= 4 is 53.4 Å². The molecule has 0 bridgehead atoms. The fourth-order valence-electron chi connectivity index (χ4n) is 3.71. The van der Waals surface area contributed by atoms with E-state index in [9.17, 15) is 14.4 Å². The molecule has 2 heterocycles. The first kappa shape index (κ1) is 36.6. The number of aromatic nitrogens is 2. The van der Waals surface area contributed by atoms with Crippen LogP contribution in [-0.4, -0.2) is 73.8 Å². The Kier molecular flexibility index (Phi) is 14.7. The first-order valence-corrected chi connectivity index (χ1v) is 13.0. The molecular formula is C28H36ClLiN6O6-2. The van der Waals surface area contributed by atoms with Crippen LogP contribution in [0.15, 0.2) is 24.1 Å². The average molecular weight is 595 g/mol. The molecule has 0 aliphatic carbocycles. The molecule has 2 amide bonds. The van der Waals surface area contributed by atoms with E-state index in [0.717, 1.165) is 0 Å². The number of hydrogen-bond acceptors (Lipinski definition) is 10. The van der Waals surface area contributed by atoms with Crippen LogP contribution in [0, 0.1) is 13.5 Å². The van der Waals surface area contributed by atoms with Crippen molar-refractivity contribution in [3.63, 3.8) is 0 Å². The summed E-state index contributed by atoms with van der Waals surface area (Å²) in [5.41, 5.74) is 0.422. The van der Waals surface area contributed by atoms with E-state index in [1.807, 2.05) is 25.7 Å². The van der Waals surface area contributed by atoms with Crippen LogP contribution < -0.4 is 44.4 Å². The summed E-state index contributed by atoms with van der Waals surface area (Å²) in [4.78, 5) is 45.9. The summed E-state index contributed by atoms with van der Waals surface area (Å²) in [7, 11) is 2.94. The SMILES string of the molecule is CNC(=O)CO/C([C-]=O)=C/c1[c-]c(OC)cc(Nc2nc(N3CCC(NC(=O)OC(C)(C)C)CC3)ncc2Cl)c1.[CH3-].[Li+]. The summed E-state index contributed by atoms with van der Waals surface area (Å²) < 4.78 is 15.9. The summed E-state index contributed by atoms with van der Waals surface area (Å²) in [5, 5.41) is 8.78. The van der Waals surface area contributed by atoms with Gasteiger partial charge in [-0.15, -0.1) is 17.7 Å². The minimum Gasteiger partial charge on any atom is -0.516 e. The molecule has 2 aromatic rings. The van der Waals surface area contributed by atoms with Crippen LogP contribution in [0.5, 0.6) is 5.75 Å². The first-order valence-electron chi connectivity index (χ1n) is 12.6. The number of carbonyl (C=O) groups excluding carboxylic acids is 3. The maximum absolute atomic E-state index is 12.1. The van der Waals surface area contributed by atoms with Crippen LogP contribution >= 0.6 is 11.6 Å².